The smallest absolute Gasteiger partial charge is 0.305 e. The average molecular weight is 409 g/mol. The zero-order chi connectivity index (χ0) is 18.6. The Balaban J connectivity index is 1.71. The normalized spacial score (nSPS) is 31.2. The summed E-state index contributed by atoms with van der Waals surface area (Å²) in [6.07, 6.45) is -1.32. The molecule has 0 saturated carbocycles. The minimum absolute atomic E-state index is 0.0448. The molecule has 1 unspecified atom stereocenters. The largest absolute Gasteiger partial charge is 0.454 e. The molecule has 0 spiro atoms. The zero-order valence-electron chi connectivity index (χ0n) is 13.9. The number of benzene rings is 2. The standard InChI is InChI=1S/C17H15NO7S2/c19-26-24-15-10-22-9-12(17(15)25-26)18-11-5-1-2-6-13(11)23-14-7-3-4-8-16(14)27(18,20)21/h1-8,12,15,17H,9-10H2/t12-,15-,17+,26?/m0/s1. The van der Waals surface area contributed by atoms with Gasteiger partial charge in [0.1, 0.15) is 22.9 Å². The summed E-state index contributed by atoms with van der Waals surface area (Å²) in [6.45, 7) is 0.271. The Hall–Kier alpha value is -1.98. The van der Waals surface area contributed by atoms with Crippen molar-refractivity contribution >= 4 is 27.1 Å². The number of fused-ring (bicyclic) bond motifs is 3. The molecule has 27 heavy (non-hydrogen) atoms. The Morgan fingerprint density at radius 2 is 1.70 bits per heavy atom. The third-order valence-corrected chi connectivity index (χ3v) is 7.38. The maximum atomic E-state index is 13.6. The lowest BCUT2D eigenvalue weighted by molar-refractivity contribution is -0.0315. The molecule has 2 saturated heterocycles. The molecule has 0 aromatic heterocycles. The number of hydrogen-bond acceptors (Lipinski definition) is 7. The van der Waals surface area contributed by atoms with Gasteiger partial charge in [-0.1, -0.05) is 24.3 Å². The highest BCUT2D eigenvalue weighted by Gasteiger charge is 2.50. The van der Waals surface area contributed by atoms with E-state index in [0.717, 1.165) is 0 Å². The van der Waals surface area contributed by atoms with Crippen molar-refractivity contribution in [3.8, 4) is 11.5 Å². The monoisotopic (exact) mass is 409 g/mol. The van der Waals surface area contributed by atoms with E-state index >= 15 is 0 Å². The predicted octanol–water partition coefficient (Wildman–Crippen LogP) is 1.75. The molecule has 0 amide bonds. The quantitative estimate of drug-likeness (QED) is 0.709. The van der Waals surface area contributed by atoms with E-state index in [0.29, 0.717) is 11.4 Å². The summed E-state index contributed by atoms with van der Waals surface area (Å²) in [4.78, 5) is 0.0448. The van der Waals surface area contributed by atoms with Gasteiger partial charge in [-0.25, -0.2) is 8.42 Å². The Labute approximate surface area is 158 Å². The molecule has 8 nitrogen and oxygen atoms in total. The second-order valence-corrected chi connectivity index (χ2v) is 8.90. The zero-order valence-corrected chi connectivity index (χ0v) is 15.5. The topological polar surface area (TPSA) is 91.4 Å². The highest BCUT2D eigenvalue weighted by molar-refractivity contribution is 7.93. The second kappa shape index (κ2) is 6.28. The van der Waals surface area contributed by atoms with E-state index in [4.69, 9.17) is 17.8 Å². The van der Waals surface area contributed by atoms with Crippen molar-refractivity contribution in [3.05, 3.63) is 48.5 Å². The minimum Gasteiger partial charge on any atom is -0.454 e. The van der Waals surface area contributed by atoms with Crippen LogP contribution >= 0.6 is 0 Å². The first-order valence-corrected chi connectivity index (χ1v) is 10.7. The SMILES string of the molecule is O=S1O[C@H]2[C@H](COC[C@@H]2N2c3ccccc3Oc3ccccc3S2(=O)=O)O1. The molecule has 2 fully saturated rings. The third kappa shape index (κ3) is 2.67. The first-order chi connectivity index (χ1) is 13.1. The molecule has 3 aliphatic heterocycles. The number of rotatable bonds is 1. The number of anilines is 1. The van der Waals surface area contributed by atoms with Crippen LogP contribution < -0.4 is 9.04 Å². The van der Waals surface area contributed by atoms with Gasteiger partial charge in [0.25, 0.3) is 10.0 Å². The summed E-state index contributed by atoms with van der Waals surface area (Å²) >= 11 is -1.93. The van der Waals surface area contributed by atoms with E-state index in [1.54, 1.807) is 42.5 Å². The van der Waals surface area contributed by atoms with Crippen LogP contribution in [0.4, 0.5) is 5.69 Å². The highest BCUT2D eigenvalue weighted by Crippen LogP contribution is 2.45. The van der Waals surface area contributed by atoms with Gasteiger partial charge in [-0.05, 0) is 24.3 Å². The number of nitrogens with zero attached hydrogens (tertiary/aromatic N) is 1. The van der Waals surface area contributed by atoms with Gasteiger partial charge in [0, 0.05) is 0 Å². The molecule has 10 heteroatoms. The summed E-state index contributed by atoms with van der Waals surface area (Å²) in [7, 11) is -3.99. The lowest BCUT2D eigenvalue weighted by Crippen LogP contribution is -2.56. The van der Waals surface area contributed by atoms with E-state index in [2.05, 4.69) is 0 Å². The van der Waals surface area contributed by atoms with Gasteiger partial charge in [0.15, 0.2) is 5.75 Å². The maximum absolute atomic E-state index is 13.6. The van der Waals surface area contributed by atoms with Crippen molar-refractivity contribution in [2.75, 3.05) is 17.5 Å². The van der Waals surface area contributed by atoms with Gasteiger partial charge in [-0.15, -0.1) is 0 Å². The molecule has 0 bridgehead atoms. The molecule has 0 N–H and O–H groups in total. The third-order valence-electron chi connectivity index (χ3n) is 4.72. The van der Waals surface area contributed by atoms with Crippen LogP contribution in [-0.2, 0) is 34.5 Å². The van der Waals surface area contributed by atoms with E-state index in [9.17, 15) is 12.6 Å². The van der Waals surface area contributed by atoms with Crippen molar-refractivity contribution in [1.29, 1.82) is 0 Å². The van der Waals surface area contributed by atoms with E-state index in [-0.39, 0.29) is 23.9 Å². The van der Waals surface area contributed by atoms with Crippen molar-refractivity contribution in [3.63, 3.8) is 0 Å². The molecule has 142 valence electrons. The van der Waals surface area contributed by atoms with Gasteiger partial charge in [-0.3, -0.25) is 12.7 Å². The molecule has 3 aliphatic rings. The number of hydrogen-bond donors (Lipinski definition) is 0. The van der Waals surface area contributed by atoms with Crippen LogP contribution in [-0.4, -0.2) is 44.1 Å². The summed E-state index contributed by atoms with van der Waals surface area (Å²) in [6, 6.07) is 12.6. The molecule has 2 aromatic rings. The fraction of sp³-hybridized carbons (Fsp3) is 0.294. The lowest BCUT2D eigenvalue weighted by atomic mass is 10.0. The Kier molecular flexibility index (Phi) is 3.99. The van der Waals surface area contributed by atoms with E-state index in [1.165, 1.54) is 10.4 Å². The first-order valence-electron chi connectivity index (χ1n) is 8.30. The minimum atomic E-state index is -3.99. The van der Waals surface area contributed by atoms with Crippen LogP contribution in [0, 0.1) is 0 Å². The molecule has 0 radical (unpaired) electrons. The summed E-state index contributed by atoms with van der Waals surface area (Å²) < 4.78 is 62.2. The molecule has 0 aliphatic carbocycles. The van der Waals surface area contributed by atoms with Gasteiger partial charge >= 0.3 is 11.4 Å². The van der Waals surface area contributed by atoms with Crippen LogP contribution in [0.1, 0.15) is 0 Å². The van der Waals surface area contributed by atoms with Crippen molar-refractivity contribution in [2.45, 2.75) is 23.1 Å². The molecular formula is C17H15NO7S2. The van der Waals surface area contributed by atoms with Gasteiger partial charge in [0.2, 0.25) is 0 Å². The summed E-state index contributed by atoms with van der Waals surface area (Å²) in [5.74, 6) is 0.640. The van der Waals surface area contributed by atoms with E-state index in [1.807, 2.05) is 0 Å². The molecule has 4 atom stereocenters. The fourth-order valence-electron chi connectivity index (χ4n) is 3.55. The molecular weight excluding hydrogens is 394 g/mol. The first kappa shape index (κ1) is 17.1. The van der Waals surface area contributed by atoms with E-state index < -0.39 is 39.6 Å². The summed E-state index contributed by atoms with van der Waals surface area (Å²) in [5, 5.41) is 0. The highest BCUT2D eigenvalue weighted by atomic mass is 32.2. The van der Waals surface area contributed by atoms with Gasteiger partial charge in [-0.2, -0.15) is 4.21 Å². The van der Waals surface area contributed by atoms with Crippen LogP contribution in [0.3, 0.4) is 0 Å². The Bertz CT molecular complexity index is 1030. The maximum Gasteiger partial charge on any atom is 0.305 e. The van der Waals surface area contributed by atoms with Crippen molar-refractivity contribution in [2.24, 2.45) is 0 Å². The molecule has 5 rings (SSSR count). The number of sulfonamides is 1. The summed E-state index contributed by atoms with van der Waals surface area (Å²) in [5.41, 5.74) is 0.365. The number of para-hydroxylation sites is 3. The van der Waals surface area contributed by atoms with Crippen LogP contribution in [0.15, 0.2) is 53.4 Å². The molecule has 2 aromatic carbocycles. The van der Waals surface area contributed by atoms with Gasteiger partial charge in [0.05, 0.1) is 24.9 Å². The van der Waals surface area contributed by atoms with Crippen molar-refractivity contribution in [1.82, 2.24) is 0 Å². The van der Waals surface area contributed by atoms with Crippen LogP contribution in [0.5, 0.6) is 11.5 Å². The fourth-order valence-corrected chi connectivity index (χ4v) is 6.17. The second-order valence-electron chi connectivity index (χ2n) is 6.32. The molecule has 3 heterocycles. The van der Waals surface area contributed by atoms with Crippen LogP contribution in [0.25, 0.3) is 0 Å². The van der Waals surface area contributed by atoms with Crippen molar-refractivity contribution < 1.29 is 30.5 Å². The Morgan fingerprint density at radius 1 is 0.963 bits per heavy atom. The predicted molar refractivity (Wildman–Crippen MR) is 95.1 cm³/mol. The number of ether oxygens (including phenoxy) is 2. The lowest BCUT2D eigenvalue weighted by Gasteiger charge is -2.38. The average Bonchev–Trinajstić information content (AvgIpc) is 3.00. The van der Waals surface area contributed by atoms with Crippen LogP contribution in [0.2, 0.25) is 0 Å². The Morgan fingerprint density at radius 3 is 2.56 bits per heavy atom. The van der Waals surface area contributed by atoms with Gasteiger partial charge < -0.3 is 9.47 Å².